The monoisotopic (exact) mass is 287 g/mol. The zero-order valence-electron chi connectivity index (χ0n) is 12.1. The summed E-state index contributed by atoms with van der Waals surface area (Å²) in [7, 11) is 2.04. The maximum Gasteiger partial charge on any atom is 0.0517 e. The Morgan fingerprint density at radius 2 is 1.85 bits per heavy atom. The van der Waals surface area contributed by atoms with Crippen LogP contribution in [0.4, 0.5) is 0 Å². The summed E-state index contributed by atoms with van der Waals surface area (Å²) < 4.78 is 8.59. The van der Waals surface area contributed by atoms with Crippen LogP contribution in [-0.4, -0.2) is 17.8 Å². The molecule has 1 heterocycles. The van der Waals surface area contributed by atoms with Gasteiger partial charge in [0.1, 0.15) is 0 Å². The summed E-state index contributed by atoms with van der Waals surface area (Å²) in [6.45, 7) is 3.67. The predicted octanol–water partition coefficient (Wildman–Crippen LogP) is 4.39. The molecule has 2 rings (SSSR count). The van der Waals surface area contributed by atoms with Crippen molar-refractivity contribution >= 4 is 12.2 Å². The lowest BCUT2D eigenvalue weighted by Crippen LogP contribution is -2.03. The van der Waals surface area contributed by atoms with Gasteiger partial charge in [-0.2, -0.15) is 0 Å². The Morgan fingerprint density at radius 3 is 2.55 bits per heavy atom. The summed E-state index contributed by atoms with van der Waals surface area (Å²) in [6.07, 6.45) is 6.12. The normalized spacial score (nSPS) is 10.7. The first-order chi connectivity index (χ1) is 9.72. The van der Waals surface area contributed by atoms with Crippen LogP contribution in [-0.2, 0) is 18.2 Å². The standard InChI is InChI=1S/C17H21NOS/c1-3-10-19-11-9-15-12-18(2)13-16(17(15)20)14-7-5-4-6-8-14/h4-8,12-13H,3,9-11H2,1-2H3. The third-order valence-electron chi connectivity index (χ3n) is 3.18. The molecule has 0 amide bonds. The Hall–Kier alpha value is -1.45. The highest BCUT2D eigenvalue weighted by molar-refractivity contribution is 7.71. The Kier molecular flexibility index (Phi) is 5.50. The van der Waals surface area contributed by atoms with E-state index in [1.54, 1.807) is 0 Å². The van der Waals surface area contributed by atoms with Crippen molar-refractivity contribution in [3.8, 4) is 11.1 Å². The third kappa shape index (κ3) is 3.78. The van der Waals surface area contributed by atoms with Crippen molar-refractivity contribution < 1.29 is 4.74 Å². The van der Waals surface area contributed by atoms with Crippen molar-refractivity contribution in [1.29, 1.82) is 0 Å². The van der Waals surface area contributed by atoms with Gasteiger partial charge in [0.15, 0.2) is 0 Å². The van der Waals surface area contributed by atoms with Crippen molar-refractivity contribution in [2.24, 2.45) is 7.05 Å². The van der Waals surface area contributed by atoms with Gasteiger partial charge in [0.2, 0.25) is 0 Å². The number of benzene rings is 1. The summed E-state index contributed by atoms with van der Waals surface area (Å²) in [5, 5.41) is 0. The molecule has 1 aromatic carbocycles. The van der Waals surface area contributed by atoms with Crippen molar-refractivity contribution in [3.05, 3.63) is 52.8 Å². The summed E-state index contributed by atoms with van der Waals surface area (Å²) in [6, 6.07) is 10.3. The minimum atomic E-state index is 0.732. The van der Waals surface area contributed by atoms with Crippen LogP contribution in [0.1, 0.15) is 18.9 Å². The van der Waals surface area contributed by atoms with Crippen molar-refractivity contribution in [2.75, 3.05) is 13.2 Å². The number of pyridine rings is 1. The van der Waals surface area contributed by atoms with Gasteiger partial charge in [-0.1, -0.05) is 49.5 Å². The highest BCUT2D eigenvalue weighted by Crippen LogP contribution is 2.22. The Morgan fingerprint density at radius 1 is 1.10 bits per heavy atom. The first-order valence-electron chi connectivity index (χ1n) is 7.04. The van der Waals surface area contributed by atoms with Gasteiger partial charge in [-0.3, -0.25) is 0 Å². The summed E-state index contributed by atoms with van der Waals surface area (Å²) in [4.78, 5) is 0. The van der Waals surface area contributed by atoms with Crippen LogP contribution >= 0.6 is 12.2 Å². The third-order valence-corrected chi connectivity index (χ3v) is 3.66. The fourth-order valence-corrected chi connectivity index (χ4v) is 2.53. The molecule has 0 fully saturated rings. The summed E-state index contributed by atoms with van der Waals surface area (Å²) >= 11 is 5.64. The molecular formula is C17H21NOS. The molecule has 0 aliphatic carbocycles. The summed E-state index contributed by atoms with van der Waals surface area (Å²) in [5.41, 5.74) is 3.47. The van der Waals surface area contributed by atoms with E-state index >= 15 is 0 Å². The fourth-order valence-electron chi connectivity index (χ4n) is 2.21. The number of aromatic nitrogens is 1. The SMILES string of the molecule is CCCOCCc1cn(C)cc(-c2ccccc2)c1=S. The quantitative estimate of drug-likeness (QED) is 0.578. The minimum absolute atomic E-state index is 0.732. The maximum atomic E-state index is 5.64. The number of ether oxygens (including phenoxy) is 1. The van der Waals surface area contributed by atoms with Gasteiger partial charge in [0.05, 0.1) is 11.1 Å². The van der Waals surface area contributed by atoms with Crippen LogP contribution < -0.4 is 0 Å². The molecule has 0 radical (unpaired) electrons. The van der Waals surface area contributed by atoms with E-state index in [-0.39, 0.29) is 0 Å². The van der Waals surface area contributed by atoms with Crippen LogP contribution in [0.15, 0.2) is 42.7 Å². The lowest BCUT2D eigenvalue weighted by molar-refractivity contribution is 0.138. The van der Waals surface area contributed by atoms with Gasteiger partial charge in [-0.15, -0.1) is 0 Å². The molecule has 0 spiro atoms. The molecule has 106 valence electrons. The molecule has 2 nitrogen and oxygen atoms in total. The van der Waals surface area contributed by atoms with E-state index in [0.717, 1.165) is 36.1 Å². The van der Waals surface area contributed by atoms with E-state index in [2.05, 4.69) is 36.0 Å². The topological polar surface area (TPSA) is 14.2 Å². The minimum Gasteiger partial charge on any atom is -0.381 e. The second-order valence-corrected chi connectivity index (χ2v) is 5.33. The Bertz CT molecular complexity index is 604. The number of hydrogen-bond donors (Lipinski definition) is 0. The second-order valence-electron chi connectivity index (χ2n) is 4.92. The highest BCUT2D eigenvalue weighted by Gasteiger charge is 2.05. The number of hydrogen-bond acceptors (Lipinski definition) is 2. The molecule has 0 atom stereocenters. The number of nitrogens with zero attached hydrogens (tertiary/aromatic N) is 1. The fraction of sp³-hybridized carbons (Fsp3) is 0.353. The molecular weight excluding hydrogens is 266 g/mol. The molecule has 0 aliphatic rings. The van der Waals surface area contributed by atoms with Crippen molar-refractivity contribution in [3.63, 3.8) is 0 Å². The van der Waals surface area contributed by atoms with Crippen LogP contribution in [0.5, 0.6) is 0 Å². The van der Waals surface area contributed by atoms with Gasteiger partial charge >= 0.3 is 0 Å². The van der Waals surface area contributed by atoms with E-state index in [9.17, 15) is 0 Å². The predicted molar refractivity (Wildman–Crippen MR) is 86.5 cm³/mol. The molecule has 0 unspecified atom stereocenters. The van der Waals surface area contributed by atoms with Crippen molar-refractivity contribution in [1.82, 2.24) is 4.57 Å². The molecule has 0 aliphatic heterocycles. The number of rotatable bonds is 6. The molecule has 0 bridgehead atoms. The lowest BCUT2D eigenvalue weighted by atomic mass is 10.0. The Labute approximate surface area is 126 Å². The summed E-state index contributed by atoms with van der Waals surface area (Å²) in [5.74, 6) is 0. The average molecular weight is 287 g/mol. The lowest BCUT2D eigenvalue weighted by Gasteiger charge is -2.11. The smallest absolute Gasteiger partial charge is 0.0517 e. The van der Waals surface area contributed by atoms with Gasteiger partial charge < -0.3 is 9.30 Å². The molecule has 1 aromatic heterocycles. The van der Waals surface area contributed by atoms with Crippen LogP contribution in [0.25, 0.3) is 11.1 Å². The van der Waals surface area contributed by atoms with Crippen molar-refractivity contribution in [2.45, 2.75) is 19.8 Å². The Balaban J connectivity index is 2.26. The van der Waals surface area contributed by atoms with Gasteiger partial charge in [-0.25, -0.2) is 0 Å². The average Bonchev–Trinajstić information content (AvgIpc) is 2.47. The van der Waals surface area contributed by atoms with Crippen LogP contribution in [0.3, 0.4) is 0 Å². The van der Waals surface area contributed by atoms with Gasteiger partial charge in [-0.05, 0) is 24.0 Å². The maximum absolute atomic E-state index is 5.64. The molecule has 0 N–H and O–H groups in total. The largest absolute Gasteiger partial charge is 0.381 e. The molecule has 2 aromatic rings. The first kappa shape index (κ1) is 14.9. The first-order valence-corrected chi connectivity index (χ1v) is 7.45. The van der Waals surface area contributed by atoms with E-state index in [0.29, 0.717) is 0 Å². The molecule has 0 saturated heterocycles. The zero-order valence-corrected chi connectivity index (χ0v) is 13.0. The van der Waals surface area contributed by atoms with E-state index < -0.39 is 0 Å². The molecule has 3 heteroatoms. The van der Waals surface area contributed by atoms with Crippen LogP contribution in [0.2, 0.25) is 0 Å². The van der Waals surface area contributed by atoms with Gasteiger partial charge in [0.25, 0.3) is 0 Å². The van der Waals surface area contributed by atoms with E-state index in [1.807, 2.05) is 25.2 Å². The number of aryl methyl sites for hydroxylation is 1. The van der Waals surface area contributed by atoms with E-state index in [4.69, 9.17) is 17.0 Å². The molecule has 20 heavy (non-hydrogen) atoms. The zero-order chi connectivity index (χ0) is 14.4. The van der Waals surface area contributed by atoms with Gasteiger partial charge in [0, 0.05) is 31.6 Å². The van der Waals surface area contributed by atoms with Crippen LogP contribution in [0, 0.1) is 4.51 Å². The highest BCUT2D eigenvalue weighted by atomic mass is 32.1. The van der Waals surface area contributed by atoms with E-state index in [1.165, 1.54) is 11.1 Å². The molecule has 0 saturated carbocycles. The second kappa shape index (κ2) is 7.36.